The first-order valence-electron chi connectivity index (χ1n) is 6.53. The maximum Gasteiger partial charge on any atom is 0.255 e. The first-order valence-corrected chi connectivity index (χ1v) is 6.91. The lowest BCUT2D eigenvalue weighted by Crippen LogP contribution is -2.30. The summed E-state index contributed by atoms with van der Waals surface area (Å²) in [6, 6.07) is 9.79. The molecular weight excluding hydrogens is 260 g/mol. The number of nitrogens with zero attached hydrogens (tertiary/aromatic N) is 2. The van der Waals surface area contributed by atoms with Gasteiger partial charge >= 0.3 is 0 Å². The standard InChI is InChI=1S/C15H15ClN2O/c1-2-14-17-13(16)8-15(19)18(14)9-11-7-10-5-3-4-6-12(10)11/h3-6,8,11H,2,7,9H2,1H3. The summed E-state index contributed by atoms with van der Waals surface area (Å²) in [6.45, 7) is 2.69. The van der Waals surface area contributed by atoms with Crippen molar-refractivity contribution in [2.45, 2.75) is 32.2 Å². The number of fused-ring (bicyclic) bond motifs is 1. The quantitative estimate of drug-likeness (QED) is 0.807. The summed E-state index contributed by atoms with van der Waals surface area (Å²) in [5.41, 5.74) is 2.69. The monoisotopic (exact) mass is 274 g/mol. The third-order valence-corrected chi connectivity index (χ3v) is 3.93. The van der Waals surface area contributed by atoms with Gasteiger partial charge in [0.2, 0.25) is 0 Å². The minimum absolute atomic E-state index is 0.0544. The SMILES string of the molecule is CCc1nc(Cl)cc(=O)n1CC1Cc2ccccc21. The molecule has 0 aliphatic heterocycles. The first-order chi connectivity index (χ1) is 9.19. The molecule has 1 aromatic heterocycles. The first kappa shape index (κ1) is 12.4. The number of hydrogen-bond donors (Lipinski definition) is 0. The van der Waals surface area contributed by atoms with Crippen LogP contribution in [0.2, 0.25) is 5.15 Å². The smallest absolute Gasteiger partial charge is 0.255 e. The molecule has 19 heavy (non-hydrogen) atoms. The fraction of sp³-hybridized carbons (Fsp3) is 0.333. The summed E-state index contributed by atoms with van der Waals surface area (Å²) in [6.07, 6.45) is 1.75. The fourth-order valence-electron chi connectivity index (χ4n) is 2.73. The van der Waals surface area contributed by atoms with Crippen molar-refractivity contribution in [2.24, 2.45) is 0 Å². The molecule has 2 aromatic rings. The molecule has 0 radical (unpaired) electrons. The van der Waals surface area contributed by atoms with E-state index in [-0.39, 0.29) is 10.7 Å². The van der Waals surface area contributed by atoms with Gasteiger partial charge in [0.1, 0.15) is 11.0 Å². The molecule has 3 rings (SSSR count). The van der Waals surface area contributed by atoms with E-state index in [1.807, 2.05) is 6.92 Å². The minimum atomic E-state index is -0.0544. The molecule has 0 bridgehead atoms. The van der Waals surface area contributed by atoms with Crippen LogP contribution in [0.3, 0.4) is 0 Å². The number of benzene rings is 1. The molecule has 4 heteroatoms. The van der Waals surface area contributed by atoms with Gasteiger partial charge in [-0.05, 0) is 17.5 Å². The molecular formula is C15H15ClN2O. The highest BCUT2D eigenvalue weighted by Gasteiger charge is 2.26. The molecule has 0 saturated heterocycles. The molecule has 1 atom stereocenters. The lowest BCUT2D eigenvalue weighted by atomic mass is 9.77. The minimum Gasteiger partial charge on any atom is -0.296 e. The zero-order valence-corrected chi connectivity index (χ0v) is 11.5. The Morgan fingerprint density at radius 2 is 2.21 bits per heavy atom. The fourth-order valence-corrected chi connectivity index (χ4v) is 2.93. The summed E-state index contributed by atoms with van der Waals surface area (Å²) in [5, 5.41) is 0.284. The van der Waals surface area contributed by atoms with E-state index in [0.29, 0.717) is 18.9 Å². The molecule has 0 saturated carbocycles. The van der Waals surface area contributed by atoms with Gasteiger partial charge in [0.25, 0.3) is 5.56 Å². The van der Waals surface area contributed by atoms with Crippen LogP contribution in [-0.2, 0) is 19.4 Å². The molecule has 1 aromatic carbocycles. The molecule has 0 N–H and O–H groups in total. The van der Waals surface area contributed by atoms with Crippen LogP contribution < -0.4 is 5.56 Å². The van der Waals surface area contributed by atoms with Crippen molar-refractivity contribution in [1.82, 2.24) is 9.55 Å². The number of rotatable bonds is 3. The summed E-state index contributed by atoms with van der Waals surface area (Å²) in [7, 11) is 0. The van der Waals surface area contributed by atoms with Crippen LogP contribution in [0.1, 0.15) is 29.8 Å². The zero-order chi connectivity index (χ0) is 13.4. The van der Waals surface area contributed by atoms with Crippen LogP contribution in [0.15, 0.2) is 35.1 Å². The average Bonchev–Trinajstić information content (AvgIpc) is 2.37. The van der Waals surface area contributed by atoms with Gasteiger partial charge in [-0.1, -0.05) is 42.8 Å². The number of aromatic nitrogens is 2. The van der Waals surface area contributed by atoms with Gasteiger partial charge in [0.05, 0.1) is 0 Å². The molecule has 1 aliphatic carbocycles. The molecule has 1 unspecified atom stereocenters. The van der Waals surface area contributed by atoms with Crippen molar-refractivity contribution in [2.75, 3.05) is 0 Å². The molecule has 0 amide bonds. The van der Waals surface area contributed by atoms with Crippen molar-refractivity contribution in [1.29, 1.82) is 0 Å². The Morgan fingerprint density at radius 3 is 2.95 bits per heavy atom. The van der Waals surface area contributed by atoms with Crippen LogP contribution in [0, 0.1) is 0 Å². The van der Waals surface area contributed by atoms with Gasteiger partial charge in [-0.3, -0.25) is 9.36 Å². The van der Waals surface area contributed by atoms with Crippen LogP contribution >= 0.6 is 11.6 Å². The van der Waals surface area contributed by atoms with Gasteiger partial charge < -0.3 is 0 Å². The van der Waals surface area contributed by atoms with E-state index in [0.717, 1.165) is 12.2 Å². The van der Waals surface area contributed by atoms with E-state index >= 15 is 0 Å². The predicted molar refractivity (Wildman–Crippen MR) is 75.8 cm³/mol. The highest BCUT2D eigenvalue weighted by Crippen LogP contribution is 2.35. The third kappa shape index (κ3) is 2.19. The van der Waals surface area contributed by atoms with Crippen molar-refractivity contribution < 1.29 is 0 Å². The highest BCUT2D eigenvalue weighted by atomic mass is 35.5. The maximum atomic E-state index is 12.0. The second-order valence-corrected chi connectivity index (χ2v) is 5.28. The Balaban J connectivity index is 1.92. The van der Waals surface area contributed by atoms with E-state index in [1.165, 1.54) is 17.2 Å². The Morgan fingerprint density at radius 1 is 1.42 bits per heavy atom. The van der Waals surface area contributed by atoms with E-state index in [9.17, 15) is 4.79 Å². The second kappa shape index (κ2) is 4.82. The summed E-state index contributed by atoms with van der Waals surface area (Å²) in [4.78, 5) is 16.3. The van der Waals surface area contributed by atoms with E-state index in [2.05, 4.69) is 29.2 Å². The largest absolute Gasteiger partial charge is 0.296 e. The molecule has 0 fully saturated rings. The Hall–Kier alpha value is -1.61. The lowest BCUT2D eigenvalue weighted by molar-refractivity contribution is 0.479. The van der Waals surface area contributed by atoms with Crippen LogP contribution in [0.5, 0.6) is 0 Å². The Labute approximate surface area is 116 Å². The second-order valence-electron chi connectivity index (χ2n) is 4.90. The number of aryl methyl sites for hydroxylation is 1. The zero-order valence-electron chi connectivity index (χ0n) is 10.8. The van der Waals surface area contributed by atoms with E-state index in [1.54, 1.807) is 4.57 Å². The molecule has 0 spiro atoms. The van der Waals surface area contributed by atoms with E-state index < -0.39 is 0 Å². The van der Waals surface area contributed by atoms with Crippen LogP contribution in [-0.4, -0.2) is 9.55 Å². The van der Waals surface area contributed by atoms with Gasteiger partial charge in [-0.15, -0.1) is 0 Å². The van der Waals surface area contributed by atoms with Crippen LogP contribution in [0.25, 0.3) is 0 Å². The van der Waals surface area contributed by atoms with Crippen molar-refractivity contribution in [3.05, 3.63) is 62.8 Å². The Kier molecular flexibility index (Phi) is 3.15. The van der Waals surface area contributed by atoms with E-state index in [4.69, 9.17) is 11.6 Å². The summed E-state index contributed by atoms with van der Waals surface area (Å²) in [5.74, 6) is 1.18. The maximum absolute atomic E-state index is 12.0. The predicted octanol–water partition coefficient (Wildman–Crippen LogP) is 2.80. The highest BCUT2D eigenvalue weighted by molar-refractivity contribution is 6.29. The normalized spacial score (nSPS) is 16.8. The summed E-state index contributed by atoms with van der Waals surface area (Å²) >= 11 is 5.84. The molecule has 1 aliphatic rings. The topological polar surface area (TPSA) is 34.9 Å². The van der Waals surface area contributed by atoms with Gasteiger partial charge in [-0.2, -0.15) is 0 Å². The molecule has 3 nitrogen and oxygen atoms in total. The molecule has 1 heterocycles. The van der Waals surface area contributed by atoms with Crippen molar-refractivity contribution >= 4 is 11.6 Å². The van der Waals surface area contributed by atoms with Gasteiger partial charge in [-0.25, -0.2) is 4.98 Å². The van der Waals surface area contributed by atoms with Crippen molar-refractivity contribution in [3.63, 3.8) is 0 Å². The van der Waals surface area contributed by atoms with Gasteiger partial charge in [0, 0.05) is 24.9 Å². The lowest BCUT2D eigenvalue weighted by Gasteiger charge is -2.31. The summed E-state index contributed by atoms with van der Waals surface area (Å²) < 4.78 is 1.76. The van der Waals surface area contributed by atoms with Gasteiger partial charge in [0.15, 0.2) is 0 Å². The Bertz CT molecular complexity index is 678. The van der Waals surface area contributed by atoms with Crippen molar-refractivity contribution in [3.8, 4) is 0 Å². The number of hydrogen-bond acceptors (Lipinski definition) is 2. The molecule has 98 valence electrons. The van der Waals surface area contributed by atoms with Crippen LogP contribution in [0.4, 0.5) is 0 Å². The average molecular weight is 275 g/mol. The third-order valence-electron chi connectivity index (χ3n) is 3.74. The number of halogens is 1.